The van der Waals surface area contributed by atoms with E-state index in [4.69, 9.17) is 9.47 Å². The summed E-state index contributed by atoms with van der Waals surface area (Å²) in [5, 5.41) is 0. The lowest BCUT2D eigenvalue weighted by Crippen LogP contribution is -2.58. The number of fused-ring (bicyclic) bond motifs is 1. The van der Waals surface area contributed by atoms with Crippen LogP contribution in [-0.4, -0.2) is 31.9 Å². The first-order valence-corrected chi connectivity index (χ1v) is 9.35. The van der Waals surface area contributed by atoms with Crippen LogP contribution in [0.25, 0.3) is 0 Å². The molecule has 2 fully saturated rings. The van der Waals surface area contributed by atoms with Crippen molar-refractivity contribution < 1.29 is 23.9 Å². The summed E-state index contributed by atoms with van der Waals surface area (Å²) in [6.45, 7) is 4.10. The van der Waals surface area contributed by atoms with E-state index in [-0.39, 0.29) is 29.6 Å². The maximum atomic E-state index is 13.0. The number of carbonyl (C=O) groups excluding carboxylic acids is 3. The summed E-state index contributed by atoms with van der Waals surface area (Å²) >= 11 is 0. The number of allylic oxidation sites excluding steroid dienone is 2. The Morgan fingerprint density at radius 3 is 2.23 bits per heavy atom. The Kier molecular flexibility index (Phi) is 4.84. The van der Waals surface area contributed by atoms with Crippen molar-refractivity contribution in [3.8, 4) is 0 Å². The molecule has 0 aromatic carbocycles. The Morgan fingerprint density at radius 1 is 1.12 bits per heavy atom. The quantitative estimate of drug-likeness (QED) is 0.556. The smallest absolute Gasteiger partial charge is 0.316 e. The summed E-state index contributed by atoms with van der Waals surface area (Å²) in [4.78, 5) is 38.4. The summed E-state index contributed by atoms with van der Waals surface area (Å²) in [7, 11) is 2.76. The Labute approximate surface area is 154 Å². The molecule has 0 spiro atoms. The minimum absolute atomic E-state index is 0.0801. The van der Waals surface area contributed by atoms with Gasteiger partial charge in [-0.2, -0.15) is 0 Å². The van der Waals surface area contributed by atoms with E-state index in [1.54, 1.807) is 6.08 Å². The molecule has 0 N–H and O–H groups in total. The second-order valence-corrected chi connectivity index (χ2v) is 8.19. The van der Waals surface area contributed by atoms with E-state index in [1.807, 2.05) is 6.08 Å². The van der Waals surface area contributed by atoms with Crippen molar-refractivity contribution in [3.05, 3.63) is 23.8 Å². The van der Waals surface area contributed by atoms with Crippen LogP contribution in [0.1, 0.15) is 46.0 Å². The molecule has 0 unspecified atom stereocenters. The van der Waals surface area contributed by atoms with Crippen LogP contribution in [-0.2, 0) is 23.9 Å². The van der Waals surface area contributed by atoms with Gasteiger partial charge < -0.3 is 9.47 Å². The van der Waals surface area contributed by atoms with Crippen LogP contribution in [0.5, 0.6) is 0 Å². The maximum absolute atomic E-state index is 13.0. The van der Waals surface area contributed by atoms with Gasteiger partial charge in [0.25, 0.3) is 0 Å². The number of Topliss-reactive ketones (excluding diaryl/α,β-unsaturated/α-hetero) is 1. The van der Waals surface area contributed by atoms with E-state index in [1.165, 1.54) is 19.8 Å². The first-order chi connectivity index (χ1) is 12.3. The second-order valence-electron chi connectivity index (χ2n) is 8.19. The van der Waals surface area contributed by atoms with Crippen LogP contribution in [0, 0.1) is 28.6 Å². The van der Waals surface area contributed by atoms with Crippen LogP contribution < -0.4 is 0 Å². The molecule has 142 valence electrons. The Hall–Kier alpha value is -1.91. The van der Waals surface area contributed by atoms with Crippen LogP contribution in [0.15, 0.2) is 23.8 Å². The van der Waals surface area contributed by atoms with E-state index >= 15 is 0 Å². The number of carbonyl (C=O) groups is 3. The molecule has 4 rings (SSSR count). The zero-order chi connectivity index (χ0) is 19.1. The lowest BCUT2D eigenvalue weighted by molar-refractivity contribution is -0.175. The molecule has 0 heterocycles. The molecule has 26 heavy (non-hydrogen) atoms. The Morgan fingerprint density at radius 2 is 1.69 bits per heavy atom. The standard InChI is InChI=1S/C21H28O5/c1-13(2)6-5-7-14-12-15(22)17-16(14)20(18(23)25-3)8-10-21(17,11-9-20)19(24)26-4/h6,8,10,14,16-17H,5,7,9,11-12H2,1-4H3/t14-,16+,17-,20+,21-/m0/s1. The molecule has 0 radical (unpaired) electrons. The molecule has 2 saturated carbocycles. The lowest BCUT2D eigenvalue weighted by atomic mass is 9.47. The highest BCUT2D eigenvalue weighted by Crippen LogP contribution is 2.65. The van der Waals surface area contributed by atoms with Crippen molar-refractivity contribution >= 4 is 17.7 Å². The largest absolute Gasteiger partial charge is 0.468 e. The summed E-state index contributed by atoms with van der Waals surface area (Å²) in [6.07, 6.45) is 8.87. The van der Waals surface area contributed by atoms with Gasteiger partial charge in [0.15, 0.2) is 0 Å². The molecule has 0 amide bonds. The van der Waals surface area contributed by atoms with E-state index in [0.717, 1.165) is 12.8 Å². The number of ether oxygens (including phenoxy) is 2. The summed E-state index contributed by atoms with van der Waals surface area (Å²) < 4.78 is 10.2. The number of hydrogen-bond acceptors (Lipinski definition) is 5. The van der Waals surface area contributed by atoms with Gasteiger partial charge in [-0.15, -0.1) is 0 Å². The molecule has 0 saturated heterocycles. The molecule has 5 heteroatoms. The fourth-order valence-corrected chi connectivity index (χ4v) is 5.58. The van der Waals surface area contributed by atoms with E-state index < -0.39 is 16.7 Å². The van der Waals surface area contributed by atoms with E-state index in [2.05, 4.69) is 19.9 Å². The fourth-order valence-electron chi connectivity index (χ4n) is 5.58. The van der Waals surface area contributed by atoms with Crippen LogP contribution in [0.3, 0.4) is 0 Å². The Balaban J connectivity index is 2.04. The van der Waals surface area contributed by atoms with Crippen LogP contribution in [0.2, 0.25) is 0 Å². The van der Waals surface area contributed by atoms with Gasteiger partial charge in [0, 0.05) is 12.3 Å². The first-order valence-electron chi connectivity index (χ1n) is 9.35. The van der Waals surface area contributed by atoms with Crippen molar-refractivity contribution in [2.24, 2.45) is 28.6 Å². The highest BCUT2D eigenvalue weighted by molar-refractivity contribution is 5.96. The predicted molar refractivity (Wildman–Crippen MR) is 96.0 cm³/mol. The van der Waals surface area contributed by atoms with Crippen molar-refractivity contribution in [3.63, 3.8) is 0 Å². The van der Waals surface area contributed by atoms with E-state index in [9.17, 15) is 14.4 Å². The Bertz CT molecular complexity index is 687. The number of ketones is 1. The normalized spacial score (nSPS) is 37.2. The number of methoxy groups -OCH3 is 2. The zero-order valence-corrected chi connectivity index (χ0v) is 16.0. The molecule has 4 aliphatic rings. The number of hydrogen-bond donors (Lipinski definition) is 0. The average molecular weight is 360 g/mol. The van der Waals surface area contributed by atoms with Gasteiger partial charge in [-0.25, -0.2) is 0 Å². The zero-order valence-electron chi connectivity index (χ0n) is 16.0. The molecular weight excluding hydrogens is 332 g/mol. The summed E-state index contributed by atoms with van der Waals surface area (Å²) in [5.41, 5.74) is -0.473. The van der Waals surface area contributed by atoms with E-state index in [0.29, 0.717) is 19.3 Å². The summed E-state index contributed by atoms with van der Waals surface area (Å²) in [6, 6.07) is 0. The highest BCUT2D eigenvalue weighted by atomic mass is 16.5. The number of rotatable bonds is 5. The van der Waals surface area contributed by atoms with Gasteiger partial charge in [0.1, 0.15) is 5.78 Å². The topological polar surface area (TPSA) is 69.7 Å². The van der Waals surface area contributed by atoms with Crippen LogP contribution >= 0.6 is 0 Å². The molecule has 2 bridgehead atoms. The van der Waals surface area contributed by atoms with Crippen molar-refractivity contribution in [1.82, 2.24) is 0 Å². The minimum Gasteiger partial charge on any atom is -0.468 e. The van der Waals surface area contributed by atoms with Gasteiger partial charge >= 0.3 is 11.9 Å². The fraction of sp³-hybridized carbons (Fsp3) is 0.667. The van der Waals surface area contributed by atoms with Gasteiger partial charge in [-0.3, -0.25) is 14.4 Å². The molecule has 5 nitrogen and oxygen atoms in total. The van der Waals surface area contributed by atoms with Gasteiger partial charge in [0.2, 0.25) is 0 Å². The molecule has 0 aromatic heterocycles. The van der Waals surface area contributed by atoms with Crippen molar-refractivity contribution in [2.75, 3.05) is 14.2 Å². The number of esters is 2. The highest BCUT2D eigenvalue weighted by Gasteiger charge is 2.69. The SMILES string of the molecule is COC(=O)[C@]12C=C[C@](C(=O)OC)(CC1)[C@H]1C(=O)C[C@H](CCC=C(C)C)[C@H]12. The molecule has 0 aliphatic heterocycles. The van der Waals surface area contributed by atoms with Crippen molar-refractivity contribution in [2.45, 2.75) is 46.0 Å². The van der Waals surface area contributed by atoms with Crippen molar-refractivity contribution in [1.29, 1.82) is 0 Å². The molecule has 4 aliphatic carbocycles. The third-order valence-electron chi connectivity index (χ3n) is 6.68. The maximum Gasteiger partial charge on any atom is 0.316 e. The third kappa shape index (κ3) is 2.55. The van der Waals surface area contributed by atoms with Gasteiger partial charge in [-0.05, 0) is 51.4 Å². The van der Waals surface area contributed by atoms with Gasteiger partial charge in [0.05, 0.1) is 25.0 Å². The molecular formula is C21H28O5. The third-order valence-corrected chi connectivity index (χ3v) is 6.68. The first kappa shape index (κ1) is 18.9. The van der Waals surface area contributed by atoms with Gasteiger partial charge in [-0.1, -0.05) is 23.8 Å². The van der Waals surface area contributed by atoms with Crippen LogP contribution in [0.4, 0.5) is 0 Å². The minimum atomic E-state index is -0.919. The molecule has 0 aromatic rings. The predicted octanol–water partition coefficient (Wildman–Crippen LogP) is 3.24. The lowest BCUT2D eigenvalue weighted by Gasteiger charge is -2.54. The monoisotopic (exact) mass is 360 g/mol. The molecule has 5 atom stereocenters. The average Bonchev–Trinajstić information content (AvgIpc) is 3.00. The second kappa shape index (κ2) is 6.67. The summed E-state index contributed by atoms with van der Waals surface area (Å²) in [5.74, 6) is -1.16.